The van der Waals surface area contributed by atoms with Crippen molar-refractivity contribution in [3.8, 4) is 0 Å². The molecule has 3 N–H and O–H groups in total. The van der Waals surface area contributed by atoms with Crippen molar-refractivity contribution in [1.29, 1.82) is 5.41 Å². The molecule has 0 saturated carbocycles. The molecule has 94 valence electrons. The summed E-state index contributed by atoms with van der Waals surface area (Å²) in [7, 11) is 0. The molecule has 0 fully saturated rings. The number of nitrogens with zero attached hydrogens (tertiary/aromatic N) is 1. The first-order chi connectivity index (χ1) is 8.47. The molecule has 1 aromatic carbocycles. The minimum atomic E-state index is -0.738. The summed E-state index contributed by atoms with van der Waals surface area (Å²) >= 11 is 2.25. The van der Waals surface area contributed by atoms with E-state index >= 15 is 0 Å². The van der Waals surface area contributed by atoms with E-state index in [0.717, 1.165) is 29.6 Å². The monoisotopic (exact) mass is 285 g/mol. The van der Waals surface area contributed by atoms with Crippen LogP contribution >= 0.6 is 23.1 Å². The Morgan fingerprint density at radius 3 is 2.44 bits per heavy atom. The van der Waals surface area contributed by atoms with Gasteiger partial charge in [-0.3, -0.25) is 5.41 Å². The third-order valence-corrected chi connectivity index (χ3v) is 4.25. The number of hydrogen-bond donors (Lipinski definition) is 2. The number of rotatable bonds is 3. The number of amidine groups is 1. The van der Waals surface area contributed by atoms with Crippen LogP contribution in [0.4, 0.5) is 8.78 Å². The summed E-state index contributed by atoms with van der Waals surface area (Å²) in [5.41, 5.74) is 6.03. The van der Waals surface area contributed by atoms with E-state index in [1.54, 1.807) is 0 Å². The number of nitrogens with two attached hydrogens (primary N) is 1. The van der Waals surface area contributed by atoms with Crippen molar-refractivity contribution in [2.24, 2.45) is 5.73 Å². The van der Waals surface area contributed by atoms with Crippen LogP contribution in [0.15, 0.2) is 26.7 Å². The standard InChI is InChI=1S/C11H9F2N3S2/c1-5-4-17-11(16-5)18-9-7(12)2-6(10(14)15)3-8(9)13/h2-4H,1H3,(H3,14,15). The maximum Gasteiger partial charge on any atom is 0.155 e. The van der Waals surface area contributed by atoms with Crippen LogP contribution in [-0.4, -0.2) is 10.8 Å². The Balaban J connectivity index is 2.37. The van der Waals surface area contributed by atoms with Crippen molar-refractivity contribution in [1.82, 2.24) is 4.98 Å². The van der Waals surface area contributed by atoms with Gasteiger partial charge in [0.05, 0.1) is 4.90 Å². The summed E-state index contributed by atoms with van der Waals surface area (Å²) in [6.45, 7) is 1.81. The number of hydrogen-bond acceptors (Lipinski definition) is 4. The number of halogens is 2. The van der Waals surface area contributed by atoms with Gasteiger partial charge in [-0.2, -0.15) is 0 Å². The van der Waals surface area contributed by atoms with E-state index in [9.17, 15) is 8.78 Å². The summed E-state index contributed by atoms with van der Waals surface area (Å²) in [5, 5.41) is 8.96. The Kier molecular flexibility index (Phi) is 3.63. The summed E-state index contributed by atoms with van der Waals surface area (Å²) in [6.07, 6.45) is 0. The second-order valence-corrected chi connectivity index (χ2v) is 5.66. The molecule has 1 heterocycles. The third kappa shape index (κ3) is 2.68. The lowest BCUT2D eigenvalue weighted by atomic mass is 10.2. The number of aromatic nitrogens is 1. The zero-order chi connectivity index (χ0) is 13.3. The largest absolute Gasteiger partial charge is 0.384 e. The van der Waals surface area contributed by atoms with Crippen molar-refractivity contribution in [2.45, 2.75) is 16.2 Å². The lowest BCUT2D eigenvalue weighted by Gasteiger charge is -2.05. The first kappa shape index (κ1) is 13.0. The normalized spacial score (nSPS) is 10.6. The molecule has 0 radical (unpaired) electrons. The van der Waals surface area contributed by atoms with Crippen LogP contribution in [-0.2, 0) is 0 Å². The highest BCUT2D eigenvalue weighted by molar-refractivity contribution is 8.01. The molecular weight excluding hydrogens is 276 g/mol. The van der Waals surface area contributed by atoms with Gasteiger partial charge in [-0.05, 0) is 19.1 Å². The number of benzene rings is 1. The van der Waals surface area contributed by atoms with E-state index in [1.165, 1.54) is 11.3 Å². The molecule has 0 spiro atoms. The van der Waals surface area contributed by atoms with Crippen molar-refractivity contribution in [2.75, 3.05) is 0 Å². The van der Waals surface area contributed by atoms with Gasteiger partial charge in [0.25, 0.3) is 0 Å². The van der Waals surface area contributed by atoms with Gasteiger partial charge in [-0.15, -0.1) is 11.3 Å². The zero-order valence-corrected chi connectivity index (χ0v) is 11.0. The molecule has 3 nitrogen and oxygen atoms in total. The fourth-order valence-corrected chi connectivity index (χ4v) is 3.06. The van der Waals surface area contributed by atoms with Crippen LogP contribution in [0.5, 0.6) is 0 Å². The molecule has 1 aromatic heterocycles. The number of nitrogens with one attached hydrogen (secondary N) is 1. The van der Waals surface area contributed by atoms with Crippen molar-refractivity contribution < 1.29 is 8.78 Å². The molecule has 0 bridgehead atoms. The number of thiazole rings is 1. The first-order valence-electron chi connectivity index (χ1n) is 4.91. The highest BCUT2D eigenvalue weighted by Gasteiger charge is 2.15. The maximum atomic E-state index is 13.7. The van der Waals surface area contributed by atoms with Crippen LogP contribution < -0.4 is 5.73 Å². The summed E-state index contributed by atoms with van der Waals surface area (Å²) in [4.78, 5) is 4.00. The van der Waals surface area contributed by atoms with Gasteiger partial charge in [0.15, 0.2) is 4.34 Å². The highest BCUT2D eigenvalue weighted by atomic mass is 32.2. The molecule has 0 saturated heterocycles. The van der Waals surface area contributed by atoms with E-state index in [4.69, 9.17) is 11.1 Å². The molecule has 2 aromatic rings. The quantitative estimate of drug-likeness (QED) is 0.672. The molecule has 7 heteroatoms. The lowest BCUT2D eigenvalue weighted by molar-refractivity contribution is 0.540. The molecule has 0 aliphatic carbocycles. The Morgan fingerprint density at radius 2 is 2.00 bits per heavy atom. The molecule has 0 amide bonds. The minimum Gasteiger partial charge on any atom is -0.384 e. The summed E-state index contributed by atoms with van der Waals surface area (Å²) in [6, 6.07) is 2.10. The predicted octanol–water partition coefficient (Wildman–Crippen LogP) is 3.16. The van der Waals surface area contributed by atoms with Crippen LogP contribution in [0.2, 0.25) is 0 Å². The Morgan fingerprint density at radius 1 is 1.39 bits per heavy atom. The van der Waals surface area contributed by atoms with Crippen LogP contribution in [0.1, 0.15) is 11.3 Å². The zero-order valence-electron chi connectivity index (χ0n) is 9.33. The molecule has 2 rings (SSSR count). The Bertz CT molecular complexity index is 587. The highest BCUT2D eigenvalue weighted by Crippen LogP contribution is 2.34. The number of aryl methyl sites for hydroxylation is 1. The number of nitrogen functional groups attached to an aromatic ring is 1. The van der Waals surface area contributed by atoms with Gasteiger partial charge >= 0.3 is 0 Å². The van der Waals surface area contributed by atoms with Crippen molar-refractivity contribution in [3.05, 3.63) is 40.4 Å². The first-order valence-corrected chi connectivity index (χ1v) is 6.60. The van der Waals surface area contributed by atoms with Crippen LogP contribution in [0, 0.1) is 24.0 Å². The van der Waals surface area contributed by atoms with Gasteiger partial charge in [-0.25, -0.2) is 13.8 Å². The minimum absolute atomic E-state index is 0.0321. The van der Waals surface area contributed by atoms with Gasteiger partial charge in [0.1, 0.15) is 17.5 Å². The average molecular weight is 285 g/mol. The molecule has 0 aliphatic rings. The molecule has 0 unspecified atom stereocenters. The second kappa shape index (κ2) is 5.03. The Labute approximate surface area is 111 Å². The third-order valence-electron chi connectivity index (χ3n) is 2.10. The van der Waals surface area contributed by atoms with Crippen molar-refractivity contribution >= 4 is 28.9 Å². The summed E-state index contributed by atoms with van der Waals surface area (Å²) < 4.78 is 28.0. The van der Waals surface area contributed by atoms with Gasteiger partial charge in [0.2, 0.25) is 0 Å². The van der Waals surface area contributed by atoms with E-state index < -0.39 is 11.6 Å². The van der Waals surface area contributed by atoms with Crippen LogP contribution in [0.25, 0.3) is 0 Å². The second-order valence-electron chi connectivity index (χ2n) is 3.54. The molecule has 18 heavy (non-hydrogen) atoms. The molecular formula is C11H9F2N3S2. The predicted molar refractivity (Wildman–Crippen MR) is 68.3 cm³/mol. The topological polar surface area (TPSA) is 62.8 Å². The van der Waals surface area contributed by atoms with E-state index in [-0.39, 0.29) is 16.3 Å². The van der Waals surface area contributed by atoms with Crippen LogP contribution in [0.3, 0.4) is 0 Å². The van der Waals surface area contributed by atoms with Gasteiger partial charge < -0.3 is 5.73 Å². The smallest absolute Gasteiger partial charge is 0.155 e. The van der Waals surface area contributed by atoms with E-state index in [1.807, 2.05) is 12.3 Å². The lowest BCUT2D eigenvalue weighted by Crippen LogP contribution is -2.12. The average Bonchev–Trinajstić information content (AvgIpc) is 2.69. The van der Waals surface area contributed by atoms with Gasteiger partial charge in [0, 0.05) is 16.6 Å². The van der Waals surface area contributed by atoms with E-state index in [0.29, 0.717) is 4.34 Å². The summed E-state index contributed by atoms with van der Waals surface area (Å²) in [5.74, 6) is -1.84. The maximum absolute atomic E-state index is 13.7. The van der Waals surface area contributed by atoms with E-state index in [2.05, 4.69) is 4.98 Å². The Hall–Kier alpha value is -1.47. The van der Waals surface area contributed by atoms with Crippen molar-refractivity contribution in [3.63, 3.8) is 0 Å². The SMILES string of the molecule is Cc1csc(Sc2c(F)cc(C(=N)N)cc2F)n1. The fraction of sp³-hybridized carbons (Fsp3) is 0.0909. The fourth-order valence-electron chi connectivity index (χ4n) is 1.28. The molecule has 0 aliphatic heterocycles. The van der Waals surface area contributed by atoms with Gasteiger partial charge in [-0.1, -0.05) is 11.8 Å². The molecule has 0 atom stereocenters.